The molecule has 0 aliphatic rings. The van der Waals surface area contributed by atoms with E-state index in [2.05, 4.69) is 5.32 Å². The van der Waals surface area contributed by atoms with Gasteiger partial charge in [0.15, 0.2) is 5.75 Å². The molecule has 0 atom stereocenters. The largest absolute Gasteiger partial charge is 0.490 e. The van der Waals surface area contributed by atoms with E-state index in [9.17, 15) is 34.3 Å². The maximum absolute atomic E-state index is 12.6. The third-order valence-corrected chi connectivity index (χ3v) is 4.36. The number of methoxy groups -OCH3 is 1. The van der Waals surface area contributed by atoms with Crippen molar-refractivity contribution in [2.45, 2.75) is 4.90 Å². The van der Waals surface area contributed by atoms with Crippen LogP contribution in [-0.4, -0.2) is 17.9 Å². The second-order valence-electron chi connectivity index (χ2n) is 5.09. The van der Waals surface area contributed by atoms with Gasteiger partial charge in [-0.15, -0.1) is 0 Å². The summed E-state index contributed by atoms with van der Waals surface area (Å²) in [6.07, 6.45) is 0. The predicted molar refractivity (Wildman–Crippen MR) is 85.4 cm³/mol. The van der Waals surface area contributed by atoms with E-state index in [4.69, 9.17) is 4.74 Å². The number of carbonyl (C=O) groups excluding carboxylic acids is 1. The van der Waals surface area contributed by atoms with Crippen LogP contribution in [0.2, 0.25) is 0 Å². The van der Waals surface area contributed by atoms with Crippen molar-refractivity contribution in [3.8, 4) is 5.75 Å². The Morgan fingerprint density at radius 1 is 1.08 bits per heavy atom. The number of nitrogens with zero attached hydrogens (tertiary/aromatic N) is 1. The van der Waals surface area contributed by atoms with Gasteiger partial charge in [0.25, 0.3) is 5.91 Å². The number of hydrogen-bond acceptors (Lipinski definition) is 4. The molecule has 12 heteroatoms. The highest BCUT2D eigenvalue weighted by molar-refractivity contribution is 8.45. The molecule has 6 nitrogen and oxygen atoms in total. The zero-order chi connectivity index (χ0) is 19.8. The summed E-state index contributed by atoms with van der Waals surface area (Å²) in [5, 5.41) is 13.0. The molecule has 2 rings (SSSR count). The minimum atomic E-state index is -9.79. The van der Waals surface area contributed by atoms with Gasteiger partial charge < -0.3 is 10.1 Å². The molecular formula is C14H11F5N2O4S. The summed E-state index contributed by atoms with van der Waals surface area (Å²) in [5.41, 5.74) is -0.633. The van der Waals surface area contributed by atoms with E-state index in [1.54, 1.807) is 0 Å². The lowest BCUT2D eigenvalue weighted by atomic mass is 10.1. The van der Waals surface area contributed by atoms with Gasteiger partial charge in [-0.1, -0.05) is 19.4 Å². The van der Waals surface area contributed by atoms with E-state index in [0.717, 1.165) is 25.3 Å². The van der Waals surface area contributed by atoms with Crippen molar-refractivity contribution in [1.29, 1.82) is 0 Å². The number of anilines is 1. The second-order valence-corrected chi connectivity index (χ2v) is 7.50. The highest BCUT2D eigenvalue weighted by Gasteiger charge is 2.65. The van der Waals surface area contributed by atoms with Crippen molar-refractivity contribution in [3.05, 3.63) is 58.1 Å². The first kappa shape index (κ1) is 19.4. The van der Waals surface area contributed by atoms with Crippen molar-refractivity contribution in [2.75, 3.05) is 12.4 Å². The van der Waals surface area contributed by atoms with Gasteiger partial charge in [0.2, 0.25) is 0 Å². The summed E-state index contributed by atoms with van der Waals surface area (Å²) in [6, 6.07) is 4.86. The lowest BCUT2D eigenvalue weighted by Crippen LogP contribution is -2.12. The topological polar surface area (TPSA) is 81.5 Å². The zero-order valence-electron chi connectivity index (χ0n) is 12.9. The van der Waals surface area contributed by atoms with Gasteiger partial charge in [0.1, 0.15) is 4.90 Å². The number of carbonyl (C=O) groups is 1. The highest BCUT2D eigenvalue weighted by Crippen LogP contribution is 3.02. The molecule has 1 N–H and O–H groups in total. The third-order valence-electron chi connectivity index (χ3n) is 3.20. The Morgan fingerprint density at radius 3 is 2.12 bits per heavy atom. The number of rotatable bonds is 5. The molecule has 1 amide bonds. The number of amides is 1. The van der Waals surface area contributed by atoms with Crippen LogP contribution in [-0.2, 0) is 0 Å². The van der Waals surface area contributed by atoms with Gasteiger partial charge in [-0.3, -0.25) is 14.9 Å². The Balaban J connectivity index is 2.25. The monoisotopic (exact) mass is 398 g/mol. The fourth-order valence-electron chi connectivity index (χ4n) is 1.97. The van der Waals surface area contributed by atoms with Crippen LogP contribution in [0, 0.1) is 10.1 Å². The first-order valence-electron chi connectivity index (χ1n) is 6.69. The van der Waals surface area contributed by atoms with Gasteiger partial charge >= 0.3 is 15.9 Å². The Labute approximate surface area is 143 Å². The highest BCUT2D eigenvalue weighted by atomic mass is 32.5. The summed E-state index contributed by atoms with van der Waals surface area (Å²) < 4.78 is 68.0. The quantitative estimate of drug-likeness (QED) is 0.409. The van der Waals surface area contributed by atoms with E-state index in [1.165, 1.54) is 0 Å². The molecule has 26 heavy (non-hydrogen) atoms. The van der Waals surface area contributed by atoms with Gasteiger partial charge in [-0.25, -0.2) is 0 Å². The number of ether oxygens (including phenoxy) is 1. The van der Waals surface area contributed by atoms with Crippen LogP contribution in [0.25, 0.3) is 0 Å². The minimum Gasteiger partial charge on any atom is -0.490 e. The average Bonchev–Trinajstić information content (AvgIpc) is 2.52. The maximum Gasteiger partial charge on any atom is 0.310 e. The van der Waals surface area contributed by atoms with Crippen LogP contribution >= 0.6 is 10.2 Å². The molecule has 0 fully saturated rings. The maximum atomic E-state index is 12.6. The van der Waals surface area contributed by atoms with Gasteiger partial charge in [-0.2, -0.15) is 0 Å². The summed E-state index contributed by atoms with van der Waals surface area (Å²) in [5.74, 6) is -1.02. The molecule has 0 radical (unpaired) electrons. The predicted octanol–water partition coefficient (Wildman–Crippen LogP) is 5.51. The number of benzene rings is 2. The van der Waals surface area contributed by atoms with Crippen LogP contribution in [0.5, 0.6) is 5.75 Å². The number of halogens is 5. The SMILES string of the molecule is COc1cc(C(=O)Nc2ccc(S(F)(F)(F)(F)F)cc2)ccc1[N+](=O)[O-]. The Kier molecular flexibility index (Phi) is 4.15. The summed E-state index contributed by atoms with van der Waals surface area (Å²) in [7, 11) is -8.63. The summed E-state index contributed by atoms with van der Waals surface area (Å²) >= 11 is 0. The minimum absolute atomic E-state index is 0.0794. The summed E-state index contributed by atoms with van der Waals surface area (Å²) in [4.78, 5) is 20.1. The Hall–Kier alpha value is -2.89. The third kappa shape index (κ3) is 4.39. The zero-order valence-corrected chi connectivity index (χ0v) is 13.7. The number of nitro benzene ring substituents is 1. The molecule has 2 aromatic rings. The van der Waals surface area contributed by atoms with Gasteiger partial charge in [0, 0.05) is 23.4 Å². The molecular weight excluding hydrogens is 387 g/mol. The van der Waals surface area contributed by atoms with E-state index in [0.29, 0.717) is 12.1 Å². The molecule has 0 saturated heterocycles. The van der Waals surface area contributed by atoms with Crippen LogP contribution in [0.3, 0.4) is 0 Å². The Bertz CT molecular complexity index is 885. The molecule has 0 unspecified atom stereocenters. The molecule has 0 aliphatic carbocycles. The standard InChI is InChI=1S/C14H11F5N2O4S/c1-25-13-8-9(2-7-12(13)21(23)24)14(22)20-10-3-5-11(6-4-10)26(15,16,17,18)19/h2-8H,1H3,(H,20,22). The van der Waals surface area contributed by atoms with Gasteiger partial charge in [0.05, 0.1) is 12.0 Å². The molecule has 0 bridgehead atoms. The Morgan fingerprint density at radius 2 is 1.65 bits per heavy atom. The fourth-order valence-corrected chi connectivity index (χ4v) is 2.62. The smallest absolute Gasteiger partial charge is 0.310 e. The molecule has 0 saturated carbocycles. The van der Waals surface area contributed by atoms with Crippen molar-refractivity contribution >= 4 is 27.5 Å². The number of nitrogens with one attached hydrogen (secondary N) is 1. The van der Waals surface area contributed by atoms with Crippen LogP contribution in [0.15, 0.2) is 47.4 Å². The molecule has 0 spiro atoms. The lowest BCUT2D eigenvalue weighted by Gasteiger charge is -2.40. The first-order chi connectivity index (χ1) is 11.7. The molecule has 2 aromatic carbocycles. The molecule has 0 aromatic heterocycles. The van der Waals surface area contributed by atoms with E-state index in [1.807, 2.05) is 0 Å². The normalized spacial score (nSPS) is 14.1. The molecule has 0 aliphatic heterocycles. The van der Waals surface area contributed by atoms with Crippen molar-refractivity contribution in [2.24, 2.45) is 0 Å². The lowest BCUT2D eigenvalue weighted by molar-refractivity contribution is -0.385. The van der Waals surface area contributed by atoms with Gasteiger partial charge in [-0.05, 0) is 30.3 Å². The number of nitro groups is 1. The number of hydrogen-bond donors (Lipinski definition) is 1. The van der Waals surface area contributed by atoms with Crippen molar-refractivity contribution < 1.29 is 33.9 Å². The van der Waals surface area contributed by atoms with Crippen LogP contribution < -0.4 is 10.1 Å². The van der Waals surface area contributed by atoms with Crippen molar-refractivity contribution in [1.82, 2.24) is 0 Å². The molecule has 0 heterocycles. The van der Waals surface area contributed by atoms with E-state index in [-0.39, 0.29) is 34.8 Å². The van der Waals surface area contributed by atoms with Crippen LogP contribution in [0.4, 0.5) is 30.8 Å². The fraction of sp³-hybridized carbons (Fsp3) is 0.0714. The first-order valence-corrected chi connectivity index (χ1v) is 8.64. The van der Waals surface area contributed by atoms with E-state index < -0.39 is 26.0 Å². The van der Waals surface area contributed by atoms with Crippen LogP contribution in [0.1, 0.15) is 10.4 Å². The van der Waals surface area contributed by atoms with E-state index >= 15 is 0 Å². The molecule has 142 valence electrons. The average molecular weight is 398 g/mol. The van der Waals surface area contributed by atoms with Crippen molar-refractivity contribution in [3.63, 3.8) is 0 Å². The second kappa shape index (κ2) is 5.56. The summed E-state index contributed by atoms with van der Waals surface area (Å²) in [6.45, 7) is 0.